The minimum absolute atomic E-state index is 0.0686. The lowest BCUT2D eigenvalue weighted by molar-refractivity contribution is -0.119. The second-order valence-electron chi connectivity index (χ2n) is 4.08. The van der Waals surface area contributed by atoms with Crippen LogP contribution in [0.4, 0.5) is 5.69 Å². The van der Waals surface area contributed by atoms with Gasteiger partial charge in [0.05, 0.1) is 11.9 Å². The Bertz CT molecular complexity index is 581. The third kappa shape index (κ3) is 3.08. The van der Waals surface area contributed by atoms with E-state index in [4.69, 9.17) is 5.73 Å². The standard InChI is InChI=1S/C12H15N5O2/c1-16(10-3-2-4-11(18)5-10)12(19)8-17-7-9(6-13)14-15-17/h2-5,7,18H,6,8,13H2,1H3. The number of amides is 1. The number of likely N-dealkylation sites (N-methyl/N-ethyl adjacent to an activating group) is 1. The molecule has 1 amide bonds. The van der Waals surface area contributed by atoms with Gasteiger partial charge in [0.1, 0.15) is 12.3 Å². The van der Waals surface area contributed by atoms with E-state index in [0.717, 1.165) is 0 Å². The molecule has 0 saturated carbocycles. The fourth-order valence-corrected chi connectivity index (χ4v) is 1.60. The van der Waals surface area contributed by atoms with Crippen molar-refractivity contribution < 1.29 is 9.90 Å². The maximum atomic E-state index is 12.0. The van der Waals surface area contributed by atoms with Crippen LogP contribution in [0.15, 0.2) is 30.5 Å². The van der Waals surface area contributed by atoms with Gasteiger partial charge in [0.2, 0.25) is 5.91 Å². The van der Waals surface area contributed by atoms with Crippen molar-refractivity contribution in [1.82, 2.24) is 15.0 Å². The van der Waals surface area contributed by atoms with Crippen molar-refractivity contribution >= 4 is 11.6 Å². The van der Waals surface area contributed by atoms with E-state index in [1.54, 1.807) is 31.4 Å². The molecule has 0 saturated heterocycles. The average molecular weight is 261 g/mol. The highest BCUT2D eigenvalue weighted by Crippen LogP contribution is 2.19. The predicted octanol–water partition coefficient (Wildman–Crippen LogP) is 0.105. The molecule has 7 heteroatoms. The van der Waals surface area contributed by atoms with Gasteiger partial charge in [0, 0.05) is 25.3 Å². The normalized spacial score (nSPS) is 10.4. The number of hydrogen-bond donors (Lipinski definition) is 2. The molecule has 1 aromatic heterocycles. The van der Waals surface area contributed by atoms with E-state index in [1.807, 2.05) is 0 Å². The van der Waals surface area contributed by atoms with Crippen LogP contribution in [0, 0.1) is 0 Å². The molecule has 0 fully saturated rings. The lowest BCUT2D eigenvalue weighted by Crippen LogP contribution is -2.30. The molecule has 0 aliphatic carbocycles. The number of benzene rings is 1. The highest BCUT2D eigenvalue weighted by molar-refractivity contribution is 5.92. The predicted molar refractivity (Wildman–Crippen MR) is 69.4 cm³/mol. The van der Waals surface area contributed by atoms with Gasteiger partial charge < -0.3 is 15.7 Å². The van der Waals surface area contributed by atoms with Gasteiger partial charge in [-0.05, 0) is 12.1 Å². The quantitative estimate of drug-likeness (QED) is 0.813. The van der Waals surface area contributed by atoms with Gasteiger partial charge in [-0.2, -0.15) is 0 Å². The highest BCUT2D eigenvalue weighted by atomic mass is 16.3. The second-order valence-corrected chi connectivity index (χ2v) is 4.08. The number of anilines is 1. The number of carbonyl (C=O) groups is 1. The third-order valence-corrected chi connectivity index (χ3v) is 2.68. The molecule has 0 radical (unpaired) electrons. The van der Waals surface area contributed by atoms with E-state index >= 15 is 0 Å². The number of nitrogens with zero attached hydrogens (tertiary/aromatic N) is 4. The van der Waals surface area contributed by atoms with Crippen molar-refractivity contribution in [2.75, 3.05) is 11.9 Å². The van der Waals surface area contributed by atoms with Crippen molar-refractivity contribution in [1.29, 1.82) is 0 Å². The van der Waals surface area contributed by atoms with E-state index in [0.29, 0.717) is 11.4 Å². The summed E-state index contributed by atoms with van der Waals surface area (Å²) in [5.74, 6) is -0.0533. The molecule has 1 aromatic carbocycles. The van der Waals surface area contributed by atoms with Crippen LogP contribution >= 0.6 is 0 Å². The summed E-state index contributed by atoms with van der Waals surface area (Å²) in [6.45, 7) is 0.357. The molecule has 0 aliphatic heterocycles. The monoisotopic (exact) mass is 261 g/mol. The Kier molecular flexibility index (Phi) is 3.76. The lowest BCUT2D eigenvalue weighted by atomic mass is 10.3. The van der Waals surface area contributed by atoms with Crippen molar-refractivity contribution in [2.45, 2.75) is 13.1 Å². The molecule has 19 heavy (non-hydrogen) atoms. The Labute approximate surface area is 110 Å². The summed E-state index contributed by atoms with van der Waals surface area (Å²) in [6, 6.07) is 6.48. The summed E-state index contributed by atoms with van der Waals surface area (Å²) in [4.78, 5) is 13.5. The number of aromatic hydroxyl groups is 1. The summed E-state index contributed by atoms with van der Waals surface area (Å²) in [6.07, 6.45) is 1.63. The number of phenolic OH excluding ortho intramolecular Hbond substituents is 1. The first kappa shape index (κ1) is 13.0. The van der Waals surface area contributed by atoms with Crippen LogP contribution in [0.1, 0.15) is 5.69 Å². The molecule has 3 N–H and O–H groups in total. The molecule has 0 spiro atoms. The van der Waals surface area contributed by atoms with Crippen LogP contribution < -0.4 is 10.6 Å². The second kappa shape index (κ2) is 5.49. The molecule has 7 nitrogen and oxygen atoms in total. The van der Waals surface area contributed by atoms with Gasteiger partial charge in [-0.3, -0.25) is 4.79 Å². The molecule has 1 heterocycles. The Balaban J connectivity index is 2.07. The first-order valence-corrected chi connectivity index (χ1v) is 5.75. The first-order valence-electron chi connectivity index (χ1n) is 5.75. The maximum absolute atomic E-state index is 12.0. The number of rotatable bonds is 4. The zero-order chi connectivity index (χ0) is 13.8. The molecular formula is C12H15N5O2. The number of nitrogens with two attached hydrogens (primary N) is 1. The smallest absolute Gasteiger partial charge is 0.248 e. The van der Waals surface area contributed by atoms with Gasteiger partial charge in [-0.25, -0.2) is 4.68 Å². The minimum Gasteiger partial charge on any atom is -0.508 e. The van der Waals surface area contributed by atoms with Crippen LogP contribution in [0.3, 0.4) is 0 Å². The maximum Gasteiger partial charge on any atom is 0.248 e. The summed E-state index contributed by atoms with van der Waals surface area (Å²) < 4.78 is 1.43. The summed E-state index contributed by atoms with van der Waals surface area (Å²) in [7, 11) is 1.64. The molecule has 2 rings (SSSR count). The fraction of sp³-hybridized carbons (Fsp3) is 0.250. The molecule has 100 valence electrons. The Morgan fingerprint density at radius 1 is 1.53 bits per heavy atom. The number of phenols is 1. The number of aromatic nitrogens is 3. The number of carbonyl (C=O) groups excluding carboxylic acids is 1. The molecule has 0 atom stereocenters. The van der Waals surface area contributed by atoms with Gasteiger partial charge in [0.25, 0.3) is 0 Å². The van der Waals surface area contributed by atoms with Crippen LogP contribution in [-0.2, 0) is 17.9 Å². The van der Waals surface area contributed by atoms with Crippen molar-refractivity contribution in [3.05, 3.63) is 36.2 Å². The van der Waals surface area contributed by atoms with Crippen LogP contribution in [0.25, 0.3) is 0 Å². The van der Waals surface area contributed by atoms with Gasteiger partial charge in [-0.1, -0.05) is 11.3 Å². The van der Waals surface area contributed by atoms with Crippen molar-refractivity contribution in [2.24, 2.45) is 5.73 Å². The van der Waals surface area contributed by atoms with Crippen molar-refractivity contribution in [3.63, 3.8) is 0 Å². The van der Waals surface area contributed by atoms with Crippen LogP contribution in [0.2, 0.25) is 0 Å². The van der Waals surface area contributed by atoms with E-state index in [-0.39, 0.29) is 24.7 Å². The molecule has 0 bridgehead atoms. The van der Waals surface area contributed by atoms with Crippen LogP contribution in [0.5, 0.6) is 5.75 Å². The van der Waals surface area contributed by atoms with Gasteiger partial charge >= 0.3 is 0 Å². The summed E-state index contributed by atoms with van der Waals surface area (Å²) in [5, 5.41) is 17.0. The SMILES string of the molecule is CN(C(=O)Cn1cc(CN)nn1)c1cccc(O)c1. The topological polar surface area (TPSA) is 97.3 Å². The zero-order valence-electron chi connectivity index (χ0n) is 10.5. The van der Waals surface area contributed by atoms with Crippen LogP contribution in [-0.4, -0.2) is 33.1 Å². The summed E-state index contributed by atoms with van der Waals surface area (Å²) >= 11 is 0. The Morgan fingerprint density at radius 3 is 2.95 bits per heavy atom. The van der Waals surface area contributed by atoms with Crippen molar-refractivity contribution in [3.8, 4) is 5.75 Å². The van der Waals surface area contributed by atoms with Gasteiger partial charge in [-0.15, -0.1) is 5.10 Å². The largest absolute Gasteiger partial charge is 0.508 e. The van der Waals surface area contributed by atoms with E-state index < -0.39 is 0 Å². The Morgan fingerprint density at radius 2 is 2.32 bits per heavy atom. The Hall–Kier alpha value is -2.41. The lowest BCUT2D eigenvalue weighted by Gasteiger charge is -2.17. The molecule has 2 aromatic rings. The fourth-order valence-electron chi connectivity index (χ4n) is 1.60. The van der Waals surface area contributed by atoms with Gasteiger partial charge in [0.15, 0.2) is 0 Å². The first-order chi connectivity index (χ1) is 9.10. The third-order valence-electron chi connectivity index (χ3n) is 2.68. The van der Waals surface area contributed by atoms with E-state index in [2.05, 4.69) is 10.3 Å². The minimum atomic E-state index is -0.168. The zero-order valence-corrected chi connectivity index (χ0v) is 10.5. The molecular weight excluding hydrogens is 246 g/mol. The number of hydrogen-bond acceptors (Lipinski definition) is 5. The summed E-state index contributed by atoms with van der Waals surface area (Å²) in [5.41, 5.74) is 6.67. The average Bonchev–Trinajstić information content (AvgIpc) is 2.85. The highest BCUT2D eigenvalue weighted by Gasteiger charge is 2.13. The molecule has 0 aliphatic rings. The molecule has 0 unspecified atom stereocenters. The van der Waals surface area contributed by atoms with E-state index in [9.17, 15) is 9.90 Å². The van der Waals surface area contributed by atoms with E-state index in [1.165, 1.54) is 15.6 Å².